The number of rotatable bonds is 8. The van der Waals surface area contributed by atoms with E-state index in [0.29, 0.717) is 0 Å². The predicted molar refractivity (Wildman–Crippen MR) is 81.9 cm³/mol. The number of hydrogen-bond donors (Lipinski definition) is 1. The molecule has 5 nitrogen and oxygen atoms in total. The van der Waals surface area contributed by atoms with Crippen molar-refractivity contribution in [2.24, 2.45) is 0 Å². The van der Waals surface area contributed by atoms with Gasteiger partial charge in [-0.05, 0) is 39.4 Å². The van der Waals surface area contributed by atoms with Crippen LogP contribution in [0.15, 0.2) is 0 Å². The van der Waals surface area contributed by atoms with E-state index in [9.17, 15) is 4.79 Å². The van der Waals surface area contributed by atoms with Gasteiger partial charge in [0.1, 0.15) is 5.54 Å². The minimum atomic E-state index is -0.547. The van der Waals surface area contributed by atoms with Crippen LogP contribution in [0.4, 0.5) is 0 Å². The lowest BCUT2D eigenvalue weighted by molar-refractivity contribution is -0.148. The van der Waals surface area contributed by atoms with Gasteiger partial charge in [-0.25, -0.2) is 0 Å². The van der Waals surface area contributed by atoms with Gasteiger partial charge in [0.25, 0.3) is 0 Å². The standard InChI is InChI=1S/C15H31N3O2/c1-5-16-15(3,14(19)20-4)8-7-9-18-12-10-17(6-2)11-13-18/h16H,5-13H2,1-4H3. The van der Waals surface area contributed by atoms with Crippen molar-refractivity contribution in [1.82, 2.24) is 15.1 Å². The summed E-state index contributed by atoms with van der Waals surface area (Å²) in [5.74, 6) is -0.157. The van der Waals surface area contributed by atoms with Crippen LogP contribution in [-0.4, -0.2) is 74.2 Å². The second-order valence-electron chi connectivity index (χ2n) is 5.73. The summed E-state index contributed by atoms with van der Waals surface area (Å²) in [6.45, 7) is 13.8. The lowest BCUT2D eigenvalue weighted by atomic mass is 9.95. The number of carbonyl (C=O) groups is 1. The van der Waals surface area contributed by atoms with Gasteiger partial charge in [-0.15, -0.1) is 0 Å². The zero-order valence-corrected chi connectivity index (χ0v) is 13.6. The van der Waals surface area contributed by atoms with E-state index in [2.05, 4.69) is 22.0 Å². The molecule has 118 valence electrons. The first-order chi connectivity index (χ1) is 9.55. The normalized spacial score (nSPS) is 20.6. The number of nitrogens with one attached hydrogen (secondary N) is 1. The maximum atomic E-state index is 11.9. The minimum Gasteiger partial charge on any atom is -0.468 e. The molecule has 1 aliphatic rings. The second-order valence-corrected chi connectivity index (χ2v) is 5.73. The highest BCUT2D eigenvalue weighted by molar-refractivity contribution is 5.80. The number of methoxy groups -OCH3 is 1. The van der Waals surface area contributed by atoms with Crippen molar-refractivity contribution in [3.8, 4) is 0 Å². The Labute approximate surface area is 123 Å². The lowest BCUT2D eigenvalue weighted by Gasteiger charge is -2.35. The number of ether oxygens (including phenoxy) is 1. The van der Waals surface area contributed by atoms with E-state index in [1.807, 2.05) is 13.8 Å². The van der Waals surface area contributed by atoms with Crippen LogP contribution in [-0.2, 0) is 9.53 Å². The van der Waals surface area contributed by atoms with Crippen LogP contribution in [0.5, 0.6) is 0 Å². The van der Waals surface area contributed by atoms with Crippen LogP contribution < -0.4 is 5.32 Å². The molecule has 20 heavy (non-hydrogen) atoms. The van der Waals surface area contributed by atoms with E-state index in [-0.39, 0.29) is 5.97 Å². The van der Waals surface area contributed by atoms with Crippen LogP contribution in [0, 0.1) is 0 Å². The van der Waals surface area contributed by atoms with Crippen molar-refractivity contribution in [3.63, 3.8) is 0 Å². The molecule has 0 aliphatic carbocycles. The van der Waals surface area contributed by atoms with E-state index >= 15 is 0 Å². The molecule has 0 aromatic rings. The SMILES string of the molecule is CCNC(C)(CCCN1CCN(CC)CC1)C(=O)OC. The van der Waals surface area contributed by atoms with Gasteiger partial charge in [0.15, 0.2) is 0 Å². The topological polar surface area (TPSA) is 44.8 Å². The summed E-state index contributed by atoms with van der Waals surface area (Å²) in [4.78, 5) is 16.9. The number of likely N-dealkylation sites (N-methyl/N-ethyl adjacent to an activating group) is 2. The molecule has 1 heterocycles. The average molecular weight is 285 g/mol. The summed E-state index contributed by atoms with van der Waals surface area (Å²) in [6, 6.07) is 0. The highest BCUT2D eigenvalue weighted by atomic mass is 16.5. The number of esters is 1. The molecule has 0 saturated carbocycles. The van der Waals surface area contributed by atoms with Crippen molar-refractivity contribution >= 4 is 5.97 Å². The molecule has 5 heteroatoms. The van der Waals surface area contributed by atoms with Crippen LogP contribution >= 0.6 is 0 Å². The molecule has 1 unspecified atom stereocenters. The Balaban J connectivity index is 2.32. The summed E-state index contributed by atoms with van der Waals surface area (Å²) in [7, 11) is 1.46. The summed E-state index contributed by atoms with van der Waals surface area (Å²) < 4.78 is 4.92. The van der Waals surface area contributed by atoms with E-state index < -0.39 is 5.54 Å². The molecule has 0 amide bonds. The van der Waals surface area contributed by atoms with Gasteiger partial charge in [0, 0.05) is 26.2 Å². The van der Waals surface area contributed by atoms with Gasteiger partial charge in [0.2, 0.25) is 0 Å². The number of carbonyl (C=O) groups excluding carboxylic acids is 1. The molecule has 0 bridgehead atoms. The fourth-order valence-corrected chi connectivity index (χ4v) is 2.86. The molecular formula is C15H31N3O2. The van der Waals surface area contributed by atoms with Gasteiger partial charge < -0.3 is 19.9 Å². The number of piperazine rings is 1. The predicted octanol–water partition coefficient (Wildman–Crippen LogP) is 0.945. The lowest BCUT2D eigenvalue weighted by Crippen LogP contribution is -2.51. The van der Waals surface area contributed by atoms with E-state index in [0.717, 1.165) is 58.7 Å². The molecule has 0 radical (unpaired) electrons. The fraction of sp³-hybridized carbons (Fsp3) is 0.933. The van der Waals surface area contributed by atoms with Crippen molar-refractivity contribution in [1.29, 1.82) is 0 Å². The van der Waals surface area contributed by atoms with Crippen LogP contribution in [0.2, 0.25) is 0 Å². The Morgan fingerprint density at radius 3 is 2.30 bits per heavy atom. The highest BCUT2D eigenvalue weighted by Crippen LogP contribution is 2.15. The van der Waals surface area contributed by atoms with Gasteiger partial charge in [-0.3, -0.25) is 4.79 Å². The Kier molecular flexibility index (Phi) is 7.48. The van der Waals surface area contributed by atoms with Gasteiger partial charge in [-0.2, -0.15) is 0 Å². The maximum Gasteiger partial charge on any atom is 0.325 e. The third kappa shape index (κ3) is 5.04. The van der Waals surface area contributed by atoms with Gasteiger partial charge in [0.05, 0.1) is 7.11 Å². The summed E-state index contributed by atoms with van der Waals surface area (Å²) in [6.07, 6.45) is 1.84. The Morgan fingerprint density at radius 1 is 1.20 bits per heavy atom. The van der Waals surface area contributed by atoms with E-state index in [1.54, 1.807) is 0 Å². The Morgan fingerprint density at radius 2 is 1.80 bits per heavy atom. The molecule has 1 aliphatic heterocycles. The van der Waals surface area contributed by atoms with Crippen LogP contribution in [0.3, 0.4) is 0 Å². The van der Waals surface area contributed by atoms with Crippen LogP contribution in [0.1, 0.15) is 33.6 Å². The first-order valence-electron chi connectivity index (χ1n) is 7.84. The zero-order valence-electron chi connectivity index (χ0n) is 13.6. The Bertz CT molecular complexity index is 291. The second kappa shape index (κ2) is 8.60. The van der Waals surface area contributed by atoms with Gasteiger partial charge >= 0.3 is 5.97 Å². The average Bonchev–Trinajstić information content (AvgIpc) is 2.47. The van der Waals surface area contributed by atoms with Crippen molar-refractivity contribution in [3.05, 3.63) is 0 Å². The molecule has 1 atom stereocenters. The minimum absolute atomic E-state index is 0.157. The third-order valence-electron chi connectivity index (χ3n) is 4.27. The molecule has 1 saturated heterocycles. The van der Waals surface area contributed by atoms with Crippen molar-refractivity contribution in [2.75, 3.05) is 52.9 Å². The monoisotopic (exact) mass is 285 g/mol. The smallest absolute Gasteiger partial charge is 0.325 e. The number of nitrogens with zero attached hydrogens (tertiary/aromatic N) is 2. The number of hydrogen-bond acceptors (Lipinski definition) is 5. The molecule has 1 N–H and O–H groups in total. The maximum absolute atomic E-state index is 11.9. The molecule has 0 aromatic carbocycles. The molecule has 1 fully saturated rings. The fourth-order valence-electron chi connectivity index (χ4n) is 2.86. The molecular weight excluding hydrogens is 254 g/mol. The van der Waals surface area contributed by atoms with Crippen molar-refractivity contribution in [2.45, 2.75) is 39.2 Å². The summed E-state index contributed by atoms with van der Waals surface area (Å²) >= 11 is 0. The van der Waals surface area contributed by atoms with Crippen LogP contribution in [0.25, 0.3) is 0 Å². The third-order valence-corrected chi connectivity index (χ3v) is 4.27. The highest BCUT2D eigenvalue weighted by Gasteiger charge is 2.32. The van der Waals surface area contributed by atoms with Crippen molar-refractivity contribution < 1.29 is 9.53 Å². The molecule has 0 spiro atoms. The Hall–Kier alpha value is -0.650. The molecule has 0 aromatic heterocycles. The largest absolute Gasteiger partial charge is 0.468 e. The van der Waals surface area contributed by atoms with E-state index in [4.69, 9.17) is 4.74 Å². The molecule has 1 rings (SSSR count). The first kappa shape index (κ1) is 17.4. The summed E-state index contributed by atoms with van der Waals surface area (Å²) in [5.41, 5.74) is -0.547. The summed E-state index contributed by atoms with van der Waals surface area (Å²) in [5, 5.41) is 3.26. The quantitative estimate of drug-likeness (QED) is 0.673. The zero-order chi connectivity index (χ0) is 15.0. The van der Waals surface area contributed by atoms with Gasteiger partial charge in [-0.1, -0.05) is 13.8 Å². The first-order valence-corrected chi connectivity index (χ1v) is 7.84. The van der Waals surface area contributed by atoms with E-state index in [1.165, 1.54) is 7.11 Å².